The summed E-state index contributed by atoms with van der Waals surface area (Å²) in [6.07, 6.45) is 2.65. The van der Waals surface area contributed by atoms with Gasteiger partial charge in [-0.2, -0.15) is 0 Å². The van der Waals surface area contributed by atoms with Crippen molar-refractivity contribution >= 4 is 22.7 Å². The molecule has 1 N–H and O–H groups in total. The van der Waals surface area contributed by atoms with Gasteiger partial charge in [0.25, 0.3) is 0 Å². The van der Waals surface area contributed by atoms with Crippen LogP contribution < -0.4 is 10.2 Å². The van der Waals surface area contributed by atoms with Crippen LogP contribution in [0.5, 0.6) is 0 Å². The van der Waals surface area contributed by atoms with E-state index in [0.29, 0.717) is 12.0 Å². The highest BCUT2D eigenvalue weighted by Gasteiger charge is 2.17. The zero-order valence-electron chi connectivity index (χ0n) is 12.9. The SMILES string of the molecule is CC(C)C(Nc1ccc(N2CCCC2)cc1)c1cccs1. The molecule has 1 aromatic heterocycles. The van der Waals surface area contributed by atoms with Gasteiger partial charge in [-0.05, 0) is 54.5 Å². The van der Waals surface area contributed by atoms with Crippen LogP contribution in [-0.2, 0) is 0 Å². The molecule has 2 aromatic rings. The molecule has 1 unspecified atom stereocenters. The normalized spacial score (nSPS) is 16.4. The average molecular weight is 300 g/mol. The summed E-state index contributed by atoms with van der Waals surface area (Å²) in [4.78, 5) is 3.89. The standard InChI is InChI=1S/C18H24N2S/c1-14(2)18(17-6-5-13-21-17)19-15-7-9-16(10-8-15)20-11-3-4-12-20/h5-10,13-14,18-19H,3-4,11-12H2,1-2H3. The van der Waals surface area contributed by atoms with Crippen molar-refractivity contribution in [1.29, 1.82) is 0 Å². The molecule has 1 aliphatic heterocycles. The van der Waals surface area contributed by atoms with Crippen molar-refractivity contribution in [2.75, 3.05) is 23.3 Å². The van der Waals surface area contributed by atoms with Gasteiger partial charge in [0.05, 0.1) is 6.04 Å². The van der Waals surface area contributed by atoms with E-state index < -0.39 is 0 Å². The van der Waals surface area contributed by atoms with Gasteiger partial charge in [-0.1, -0.05) is 19.9 Å². The van der Waals surface area contributed by atoms with Gasteiger partial charge in [0.15, 0.2) is 0 Å². The minimum absolute atomic E-state index is 0.391. The Morgan fingerprint density at radius 2 is 1.76 bits per heavy atom. The largest absolute Gasteiger partial charge is 0.377 e. The fourth-order valence-electron chi connectivity index (χ4n) is 2.96. The Morgan fingerprint density at radius 1 is 1.05 bits per heavy atom. The number of rotatable bonds is 5. The molecule has 1 saturated heterocycles. The zero-order chi connectivity index (χ0) is 14.7. The first-order valence-corrected chi connectivity index (χ1v) is 8.77. The molecule has 0 aliphatic carbocycles. The third kappa shape index (κ3) is 3.41. The van der Waals surface area contributed by atoms with Crippen LogP contribution in [-0.4, -0.2) is 13.1 Å². The lowest BCUT2D eigenvalue weighted by molar-refractivity contribution is 0.554. The van der Waals surface area contributed by atoms with E-state index in [9.17, 15) is 0 Å². The predicted octanol–water partition coefficient (Wildman–Crippen LogP) is 5.16. The van der Waals surface area contributed by atoms with Gasteiger partial charge in [-0.25, -0.2) is 0 Å². The molecule has 0 spiro atoms. The first-order chi connectivity index (χ1) is 10.2. The maximum atomic E-state index is 3.69. The molecule has 0 radical (unpaired) electrons. The van der Waals surface area contributed by atoms with Gasteiger partial charge in [-0.3, -0.25) is 0 Å². The van der Waals surface area contributed by atoms with Crippen LogP contribution in [0.2, 0.25) is 0 Å². The molecule has 3 rings (SSSR count). The van der Waals surface area contributed by atoms with Crippen LogP contribution in [0, 0.1) is 5.92 Å². The van der Waals surface area contributed by atoms with Crippen molar-refractivity contribution in [2.45, 2.75) is 32.7 Å². The van der Waals surface area contributed by atoms with E-state index in [1.54, 1.807) is 0 Å². The number of nitrogens with one attached hydrogen (secondary N) is 1. The molecule has 1 fully saturated rings. The summed E-state index contributed by atoms with van der Waals surface area (Å²) in [5, 5.41) is 5.85. The van der Waals surface area contributed by atoms with E-state index in [-0.39, 0.29) is 0 Å². The summed E-state index contributed by atoms with van der Waals surface area (Å²) in [6, 6.07) is 13.7. The minimum Gasteiger partial charge on any atom is -0.377 e. The highest BCUT2D eigenvalue weighted by molar-refractivity contribution is 7.10. The molecule has 1 aliphatic rings. The Hall–Kier alpha value is -1.48. The maximum absolute atomic E-state index is 3.69. The molecular weight excluding hydrogens is 276 g/mol. The molecule has 3 heteroatoms. The van der Waals surface area contributed by atoms with Crippen LogP contribution >= 0.6 is 11.3 Å². The van der Waals surface area contributed by atoms with Gasteiger partial charge < -0.3 is 10.2 Å². The first kappa shape index (κ1) is 14.5. The molecule has 112 valence electrons. The van der Waals surface area contributed by atoms with Crippen molar-refractivity contribution in [3.8, 4) is 0 Å². The van der Waals surface area contributed by atoms with Crippen LogP contribution in [0.3, 0.4) is 0 Å². The van der Waals surface area contributed by atoms with Gasteiger partial charge in [0.2, 0.25) is 0 Å². The van der Waals surface area contributed by atoms with E-state index in [1.807, 2.05) is 11.3 Å². The maximum Gasteiger partial charge on any atom is 0.0629 e. The molecule has 0 saturated carbocycles. The molecule has 1 atom stereocenters. The number of anilines is 2. The lowest BCUT2D eigenvalue weighted by Crippen LogP contribution is -2.18. The van der Waals surface area contributed by atoms with E-state index in [4.69, 9.17) is 0 Å². The van der Waals surface area contributed by atoms with Crippen LogP contribution in [0.4, 0.5) is 11.4 Å². The fourth-order valence-corrected chi connectivity index (χ4v) is 3.91. The summed E-state index contributed by atoms with van der Waals surface area (Å²) < 4.78 is 0. The topological polar surface area (TPSA) is 15.3 Å². The summed E-state index contributed by atoms with van der Waals surface area (Å²) in [6.45, 7) is 6.96. The Balaban J connectivity index is 1.71. The number of hydrogen-bond acceptors (Lipinski definition) is 3. The second-order valence-electron chi connectivity index (χ2n) is 6.12. The molecule has 2 nitrogen and oxygen atoms in total. The van der Waals surface area contributed by atoms with Crippen LogP contribution in [0.15, 0.2) is 41.8 Å². The quantitative estimate of drug-likeness (QED) is 0.820. The van der Waals surface area contributed by atoms with Gasteiger partial charge in [0, 0.05) is 29.3 Å². The van der Waals surface area contributed by atoms with Crippen molar-refractivity contribution in [3.05, 3.63) is 46.7 Å². The highest BCUT2D eigenvalue weighted by atomic mass is 32.1. The summed E-state index contributed by atoms with van der Waals surface area (Å²) in [5.74, 6) is 0.571. The monoisotopic (exact) mass is 300 g/mol. The Bertz CT molecular complexity index is 539. The molecule has 1 aromatic carbocycles. The van der Waals surface area contributed by atoms with Crippen molar-refractivity contribution in [2.24, 2.45) is 5.92 Å². The second kappa shape index (κ2) is 6.52. The number of thiophene rings is 1. The summed E-state index contributed by atoms with van der Waals surface area (Å²) in [7, 11) is 0. The van der Waals surface area contributed by atoms with Gasteiger partial charge >= 0.3 is 0 Å². The molecule has 2 heterocycles. The molecular formula is C18H24N2S. The Kier molecular flexibility index (Phi) is 4.49. The number of nitrogens with zero attached hydrogens (tertiary/aromatic N) is 1. The summed E-state index contributed by atoms with van der Waals surface area (Å²) >= 11 is 1.83. The number of benzene rings is 1. The predicted molar refractivity (Wildman–Crippen MR) is 93.4 cm³/mol. The van der Waals surface area contributed by atoms with Gasteiger partial charge in [-0.15, -0.1) is 11.3 Å². The number of hydrogen-bond donors (Lipinski definition) is 1. The fraction of sp³-hybridized carbons (Fsp3) is 0.444. The van der Waals surface area contributed by atoms with Crippen molar-refractivity contribution in [3.63, 3.8) is 0 Å². The van der Waals surface area contributed by atoms with Crippen molar-refractivity contribution in [1.82, 2.24) is 0 Å². The van der Waals surface area contributed by atoms with E-state index in [0.717, 1.165) is 0 Å². The Labute approximate surface area is 131 Å². The minimum atomic E-state index is 0.391. The third-order valence-corrected chi connectivity index (χ3v) is 5.13. The third-order valence-electron chi connectivity index (χ3n) is 4.18. The molecule has 21 heavy (non-hydrogen) atoms. The first-order valence-electron chi connectivity index (χ1n) is 7.89. The lowest BCUT2D eigenvalue weighted by Gasteiger charge is -2.23. The molecule has 0 bridgehead atoms. The van der Waals surface area contributed by atoms with Crippen molar-refractivity contribution < 1.29 is 0 Å². The molecule has 0 amide bonds. The second-order valence-corrected chi connectivity index (χ2v) is 7.10. The zero-order valence-corrected chi connectivity index (χ0v) is 13.7. The lowest BCUT2D eigenvalue weighted by atomic mass is 10.0. The summed E-state index contributed by atoms with van der Waals surface area (Å²) in [5.41, 5.74) is 2.57. The Morgan fingerprint density at radius 3 is 2.33 bits per heavy atom. The van der Waals surface area contributed by atoms with Crippen LogP contribution in [0.25, 0.3) is 0 Å². The van der Waals surface area contributed by atoms with E-state index in [2.05, 4.69) is 65.8 Å². The van der Waals surface area contributed by atoms with Gasteiger partial charge in [0.1, 0.15) is 0 Å². The smallest absolute Gasteiger partial charge is 0.0629 e. The van der Waals surface area contributed by atoms with Crippen LogP contribution in [0.1, 0.15) is 37.6 Å². The highest BCUT2D eigenvalue weighted by Crippen LogP contribution is 2.30. The van der Waals surface area contributed by atoms with E-state index >= 15 is 0 Å². The average Bonchev–Trinajstić information content (AvgIpc) is 3.18. The van der Waals surface area contributed by atoms with E-state index in [1.165, 1.54) is 42.2 Å².